The van der Waals surface area contributed by atoms with Crippen molar-refractivity contribution >= 4 is 50.7 Å². The van der Waals surface area contributed by atoms with E-state index in [2.05, 4.69) is 31.8 Å². The molecule has 0 radical (unpaired) electrons. The number of aliphatic hydroxyl groups is 1. The summed E-state index contributed by atoms with van der Waals surface area (Å²) in [6.45, 7) is 8.29. The number of rotatable bonds is 10. The summed E-state index contributed by atoms with van der Waals surface area (Å²) in [5.41, 5.74) is 4.99. The SMILES string of the molecule is Cc1c(Cl)c2c(Cl)c(C)c1-c1c(-c3ccc(F)cc3)sc3ncnc(c13)O[C@@H](C(=O)O)Cc1cc(ccc1OCc1ccnc(-c3ccc(O[C@H]4CO[C@H]5[C@@H]4OC[C@@H]5O)cc3)n1)OC[C@@H](CN1CCN(C)CC1)O2. The van der Waals surface area contributed by atoms with Crippen molar-refractivity contribution < 1.29 is 52.6 Å². The first-order valence-corrected chi connectivity index (χ1v) is 25.8. The van der Waals surface area contributed by atoms with Crippen LogP contribution in [0.3, 0.4) is 0 Å². The number of halogens is 3. The predicted octanol–water partition coefficient (Wildman–Crippen LogP) is 8.49. The standard InChI is InChI=1S/C54H51Cl2FN6O10S/c1-28-42-29(2)46(56)49(45(28)55)72-37(22-63-18-16-62(3)17-19-63)24-67-36-12-13-39(68-23-34-14-15-58-51(61-34)31-6-10-35(11-7-31)71-41-26-70-47-38(64)25-69-48(41)47)32(20-36)21-40(54(65)66)73-52-44-43(42)50(74-53(44)60-27-59-52)30-4-8-33(57)9-5-30/h4-15,20,27,37-38,40-41,47-48,64H,16-19,21-26H2,1-3H3,(H,65,66)/t37-,38+,40-,41+,47-,48-/m1/s1. The third-order valence-corrected chi connectivity index (χ3v) is 15.9. The normalized spacial score (nSPS) is 22.1. The molecule has 0 aliphatic carbocycles. The molecule has 2 N–H and O–H groups in total. The minimum Gasteiger partial charge on any atom is -0.490 e. The molecule has 8 heterocycles. The summed E-state index contributed by atoms with van der Waals surface area (Å²) in [4.78, 5) is 37.7. The first-order chi connectivity index (χ1) is 35.8. The minimum absolute atomic E-state index is 0.00788. The van der Waals surface area contributed by atoms with E-state index in [0.29, 0.717) is 96.1 Å². The molecule has 0 saturated carbocycles. The maximum atomic E-state index is 14.4. The largest absolute Gasteiger partial charge is 0.490 e. The molecule has 3 aromatic heterocycles. The Morgan fingerprint density at radius 1 is 0.865 bits per heavy atom. The second kappa shape index (κ2) is 21.2. The lowest BCUT2D eigenvalue weighted by molar-refractivity contribution is -0.145. The Labute approximate surface area is 439 Å². The zero-order valence-electron chi connectivity index (χ0n) is 40.5. The van der Waals surface area contributed by atoms with Crippen LogP contribution in [-0.4, -0.2) is 142 Å². The van der Waals surface area contributed by atoms with Crippen LogP contribution in [-0.2, 0) is 27.3 Å². The van der Waals surface area contributed by atoms with E-state index in [-0.39, 0.29) is 54.4 Å². The zero-order chi connectivity index (χ0) is 51.2. The number of aromatic nitrogens is 4. The van der Waals surface area contributed by atoms with Crippen LogP contribution in [0.2, 0.25) is 10.0 Å². The third kappa shape index (κ3) is 10.2. The van der Waals surface area contributed by atoms with Crippen molar-refractivity contribution in [3.63, 3.8) is 0 Å². The van der Waals surface area contributed by atoms with Crippen molar-refractivity contribution in [2.24, 2.45) is 0 Å². The number of carboxylic acids is 1. The molecule has 0 spiro atoms. The number of hydrogen-bond acceptors (Lipinski definition) is 16. The van der Waals surface area contributed by atoms with Crippen molar-refractivity contribution in [2.75, 3.05) is 59.6 Å². The molecule has 0 unspecified atom stereocenters. The van der Waals surface area contributed by atoms with Crippen molar-refractivity contribution in [3.05, 3.63) is 124 Å². The van der Waals surface area contributed by atoms with E-state index in [9.17, 15) is 19.4 Å². The van der Waals surface area contributed by atoms with Gasteiger partial charge in [-0.1, -0.05) is 35.3 Å². The molecule has 4 bridgehead atoms. The summed E-state index contributed by atoms with van der Waals surface area (Å²) in [5.74, 6) is 0.533. The van der Waals surface area contributed by atoms with E-state index in [1.54, 1.807) is 42.6 Å². The Balaban J connectivity index is 0.937. The Bertz CT molecular complexity index is 3190. The maximum absolute atomic E-state index is 14.4. The molecule has 16 nitrogen and oxygen atoms in total. The van der Waals surface area contributed by atoms with E-state index in [0.717, 1.165) is 31.7 Å². The Hall–Kier alpha value is -6.22. The number of fused-ring (bicyclic) bond motifs is 8. The number of aliphatic carboxylic acids is 1. The number of hydrogen-bond donors (Lipinski definition) is 2. The molecule has 74 heavy (non-hydrogen) atoms. The lowest BCUT2D eigenvalue weighted by Crippen LogP contribution is -2.49. The first kappa shape index (κ1) is 50.0. The topological polar surface area (TPSA) is 180 Å². The zero-order valence-corrected chi connectivity index (χ0v) is 42.8. The van der Waals surface area contributed by atoms with E-state index in [1.807, 2.05) is 38.1 Å². The van der Waals surface area contributed by atoms with Crippen LogP contribution in [0.4, 0.5) is 4.39 Å². The van der Waals surface area contributed by atoms with Gasteiger partial charge in [0.2, 0.25) is 12.0 Å². The van der Waals surface area contributed by atoms with E-state index in [4.69, 9.17) is 61.3 Å². The Kier molecular flexibility index (Phi) is 14.3. The molecule has 20 heteroatoms. The van der Waals surface area contributed by atoms with Gasteiger partial charge in [0.1, 0.15) is 71.9 Å². The fourth-order valence-corrected chi connectivity index (χ4v) is 11.5. The highest BCUT2D eigenvalue weighted by Crippen LogP contribution is 2.53. The van der Waals surface area contributed by atoms with E-state index >= 15 is 0 Å². The molecule has 5 aliphatic heterocycles. The number of aliphatic hydroxyl groups excluding tert-OH is 1. The lowest BCUT2D eigenvalue weighted by Gasteiger charge is -2.35. The number of benzene rings is 4. The molecule has 4 aromatic carbocycles. The van der Waals surface area contributed by atoms with Gasteiger partial charge in [0.15, 0.2) is 17.7 Å². The van der Waals surface area contributed by atoms with Crippen LogP contribution in [0.25, 0.3) is 43.2 Å². The van der Waals surface area contributed by atoms with Crippen molar-refractivity contribution in [1.82, 2.24) is 29.7 Å². The number of nitrogens with zero attached hydrogens (tertiary/aromatic N) is 6. The number of carbonyl (C=O) groups is 1. The van der Waals surface area contributed by atoms with Gasteiger partial charge in [-0.25, -0.2) is 29.1 Å². The minimum atomic E-state index is -1.49. The van der Waals surface area contributed by atoms with Crippen LogP contribution in [0, 0.1) is 19.7 Å². The van der Waals surface area contributed by atoms with E-state index in [1.165, 1.54) is 29.8 Å². The fraction of sp³-hybridized carbons (Fsp3) is 0.352. The van der Waals surface area contributed by atoms with Gasteiger partial charge < -0.3 is 48.3 Å². The number of piperazine rings is 1. The van der Waals surface area contributed by atoms with Crippen molar-refractivity contribution in [3.8, 4) is 61.8 Å². The lowest BCUT2D eigenvalue weighted by atomic mass is 9.92. The van der Waals surface area contributed by atoms with Crippen LogP contribution in [0.5, 0.6) is 28.9 Å². The van der Waals surface area contributed by atoms with E-state index < -0.39 is 36.2 Å². The van der Waals surface area contributed by atoms with Gasteiger partial charge in [-0.05, 0) is 104 Å². The molecule has 6 atom stereocenters. The molecule has 0 amide bonds. The highest BCUT2D eigenvalue weighted by molar-refractivity contribution is 7.22. The van der Waals surface area contributed by atoms with Gasteiger partial charge in [-0.3, -0.25) is 4.90 Å². The summed E-state index contributed by atoms with van der Waals surface area (Å²) in [6.07, 6.45) is -1.00. The highest BCUT2D eigenvalue weighted by atomic mass is 35.5. The number of ether oxygens (including phenoxy) is 7. The second-order valence-electron chi connectivity index (χ2n) is 18.8. The van der Waals surface area contributed by atoms with Gasteiger partial charge in [0, 0.05) is 66.9 Å². The third-order valence-electron chi connectivity index (χ3n) is 13.8. The average molecular weight is 1070 g/mol. The second-order valence-corrected chi connectivity index (χ2v) is 20.6. The number of thiophene rings is 1. The number of likely N-dealkylation sites (N-methyl/N-ethyl adjacent to an activating group) is 1. The molecule has 7 aromatic rings. The molecule has 3 saturated heterocycles. The molecule has 384 valence electrons. The maximum Gasteiger partial charge on any atom is 0.345 e. The summed E-state index contributed by atoms with van der Waals surface area (Å²) in [6, 6.07) is 20.4. The quantitative estimate of drug-likeness (QED) is 0.133. The number of carboxylic acid groups (broad SMARTS) is 1. The smallest absolute Gasteiger partial charge is 0.345 e. The highest BCUT2D eigenvalue weighted by Gasteiger charge is 2.48. The summed E-state index contributed by atoms with van der Waals surface area (Å²) < 4.78 is 58.4. The summed E-state index contributed by atoms with van der Waals surface area (Å²) >= 11 is 16.0. The molecular formula is C54H51Cl2FN6O10S. The van der Waals surface area contributed by atoms with Gasteiger partial charge in [-0.2, -0.15) is 0 Å². The van der Waals surface area contributed by atoms with Crippen molar-refractivity contribution in [2.45, 2.75) is 63.5 Å². The van der Waals surface area contributed by atoms with Gasteiger partial charge >= 0.3 is 5.97 Å². The van der Waals surface area contributed by atoms with Gasteiger partial charge in [0.25, 0.3) is 0 Å². The van der Waals surface area contributed by atoms with Crippen LogP contribution in [0.15, 0.2) is 85.3 Å². The van der Waals surface area contributed by atoms with Gasteiger partial charge in [-0.15, -0.1) is 11.3 Å². The summed E-state index contributed by atoms with van der Waals surface area (Å²) in [7, 11) is 2.10. The Morgan fingerprint density at radius 3 is 2.36 bits per heavy atom. The van der Waals surface area contributed by atoms with Gasteiger partial charge in [0.05, 0.1) is 34.3 Å². The molecule has 3 fully saturated rings. The average Bonchev–Trinajstić information content (AvgIpc) is 4.11. The molecule has 12 rings (SSSR count). The Morgan fingerprint density at radius 2 is 1.61 bits per heavy atom. The first-order valence-electron chi connectivity index (χ1n) is 24.2. The van der Waals surface area contributed by atoms with Crippen LogP contribution in [0.1, 0.15) is 22.4 Å². The van der Waals surface area contributed by atoms with Crippen molar-refractivity contribution in [1.29, 1.82) is 0 Å². The van der Waals surface area contributed by atoms with Crippen LogP contribution < -0.4 is 23.7 Å². The molecular weight excluding hydrogens is 1010 g/mol. The monoisotopic (exact) mass is 1060 g/mol. The van der Waals surface area contributed by atoms with Crippen LogP contribution >= 0.6 is 34.5 Å². The summed E-state index contributed by atoms with van der Waals surface area (Å²) in [5, 5.41) is 22.1. The fourth-order valence-electron chi connectivity index (χ4n) is 9.88. The predicted molar refractivity (Wildman–Crippen MR) is 275 cm³/mol. The molecule has 5 aliphatic rings.